The number of nitrogens with one attached hydrogen (secondary N) is 1. The van der Waals surface area contributed by atoms with Crippen LogP contribution in [0.4, 0.5) is 0 Å². The number of hydrogen-bond donors (Lipinski definition) is 4. The van der Waals surface area contributed by atoms with Crippen LogP contribution in [0.3, 0.4) is 0 Å². The van der Waals surface area contributed by atoms with Crippen LogP contribution in [0.15, 0.2) is 48.5 Å². The first kappa shape index (κ1) is 31.0. The van der Waals surface area contributed by atoms with Crippen molar-refractivity contribution in [1.29, 1.82) is 0 Å². The highest BCUT2D eigenvalue weighted by atomic mass is 16.3. The normalized spacial score (nSPS) is 13.4. The number of nitrogens with two attached hydrogens (primary N) is 1. The number of amides is 3. The molecule has 0 saturated carbocycles. The largest absolute Gasteiger partial charge is 0.390 e. The van der Waals surface area contributed by atoms with Crippen LogP contribution in [0.25, 0.3) is 0 Å². The second kappa shape index (κ2) is 15.9. The zero-order valence-electron chi connectivity index (χ0n) is 22.9. The maximum atomic E-state index is 13.4. The predicted octanol–water partition coefficient (Wildman–Crippen LogP) is 3.69. The first-order valence-electron chi connectivity index (χ1n) is 13.7. The van der Waals surface area contributed by atoms with Gasteiger partial charge in [-0.25, -0.2) is 0 Å². The lowest BCUT2D eigenvalue weighted by Gasteiger charge is -2.28. The highest BCUT2D eigenvalue weighted by Gasteiger charge is 2.29. The molecule has 2 aromatic carbocycles. The van der Waals surface area contributed by atoms with Crippen molar-refractivity contribution >= 4 is 17.7 Å². The Morgan fingerprint density at radius 3 is 2.05 bits per heavy atom. The van der Waals surface area contributed by atoms with E-state index in [0.717, 1.165) is 37.7 Å². The minimum absolute atomic E-state index is 0.0497. The number of carbonyl (C=O) groups is 3. The van der Waals surface area contributed by atoms with Crippen molar-refractivity contribution in [2.45, 2.75) is 84.0 Å². The van der Waals surface area contributed by atoms with E-state index in [1.807, 2.05) is 44.2 Å². The molecule has 2 rings (SSSR count). The molecule has 8 heteroatoms. The van der Waals surface area contributed by atoms with Gasteiger partial charge in [0.25, 0.3) is 11.8 Å². The zero-order valence-corrected chi connectivity index (χ0v) is 22.9. The standard InChI is InChI=1S/C30H43N3O5/c1-4-7-9-14-26(34)27(35)25(17-21-12-10-8-11-13-21)32-29(37)23-18-22(28(31)36)19-24(20-23)30(38)33(15-5-2)16-6-3/h8,10-13,18-20,25-27,34-35H,4-7,9,14-17H2,1-3H3,(H2,31,36)(H,32,37). The highest BCUT2D eigenvalue weighted by molar-refractivity contribution is 6.04. The quantitative estimate of drug-likeness (QED) is 0.248. The lowest BCUT2D eigenvalue weighted by atomic mass is 9.94. The summed E-state index contributed by atoms with van der Waals surface area (Å²) < 4.78 is 0. The van der Waals surface area contributed by atoms with Gasteiger partial charge in [0.1, 0.15) is 6.10 Å². The summed E-state index contributed by atoms with van der Waals surface area (Å²) in [6, 6.07) is 12.8. The van der Waals surface area contributed by atoms with Crippen molar-refractivity contribution in [3.63, 3.8) is 0 Å². The molecule has 208 valence electrons. The fraction of sp³-hybridized carbons (Fsp3) is 0.500. The summed E-state index contributed by atoms with van der Waals surface area (Å²) >= 11 is 0. The van der Waals surface area contributed by atoms with Gasteiger partial charge in [0.05, 0.1) is 12.1 Å². The molecule has 3 unspecified atom stereocenters. The number of aliphatic hydroxyl groups excluding tert-OH is 2. The summed E-state index contributed by atoms with van der Waals surface area (Å²) in [5, 5.41) is 24.5. The van der Waals surface area contributed by atoms with E-state index >= 15 is 0 Å². The number of rotatable bonds is 16. The third-order valence-corrected chi connectivity index (χ3v) is 6.53. The van der Waals surface area contributed by atoms with E-state index in [4.69, 9.17) is 5.73 Å². The van der Waals surface area contributed by atoms with E-state index in [0.29, 0.717) is 25.9 Å². The van der Waals surface area contributed by atoms with E-state index in [9.17, 15) is 24.6 Å². The molecule has 0 aliphatic carbocycles. The number of aliphatic hydroxyl groups is 2. The fourth-order valence-electron chi connectivity index (χ4n) is 4.48. The lowest BCUT2D eigenvalue weighted by Crippen LogP contribution is -2.50. The van der Waals surface area contributed by atoms with Crippen LogP contribution in [-0.4, -0.2) is 64.2 Å². The Balaban J connectivity index is 2.37. The average molecular weight is 526 g/mol. The summed E-state index contributed by atoms with van der Waals surface area (Å²) in [7, 11) is 0. The minimum Gasteiger partial charge on any atom is -0.390 e. The van der Waals surface area contributed by atoms with E-state index in [1.165, 1.54) is 18.2 Å². The Hall–Kier alpha value is -3.23. The van der Waals surface area contributed by atoms with Gasteiger partial charge in [0.2, 0.25) is 5.91 Å². The fourth-order valence-corrected chi connectivity index (χ4v) is 4.48. The van der Waals surface area contributed by atoms with Crippen LogP contribution >= 0.6 is 0 Å². The molecule has 3 amide bonds. The molecule has 0 spiro atoms. The van der Waals surface area contributed by atoms with E-state index in [2.05, 4.69) is 12.2 Å². The molecule has 8 nitrogen and oxygen atoms in total. The summed E-state index contributed by atoms with van der Waals surface area (Å²) in [5.74, 6) is -1.60. The highest BCUT2D eigenvalue weighted by Crippen LogP contribution is 2.17. The second-order valence-electron chi connectivity index (χ2n) is 9.78. The Morgan fingerprint density at radius 2 is 1.47 bits per heavy atom. The molecule has 0 bridgehead atoms. The summed E-state index contributed by atoms with van der Waals surface area (Å²) in [6.07, 6.45) is 2.71. The second-order valence-corrected chi connectivity index (χ2v) is 9.78. The van der Waals surface area contributed by atoms with Gasteiger partial charge in [-0.15, -0.1) is 0 Å². The Kier molecular flexibility index (Phi) is 13.0. The topological polar surface area (TPSA) is 133 Å². The molecule has 0 aromatic heterocycles. The van der Waals surface area contributed by atoms with Crippen LogP contribution < -0.4 is 11.1 Å². The third kappa shape index (κ3) is 9.26. The molecule has 38 heavy (non-hydrogen) atoms. The average Bonchev–Trinajstić information content (AvgIpc) is 2.92. The Bertz CT molecular complexity index is 1040. The molecule has 0 saturated heterocycles. The van der Waals surface area contributed by atoms with Gasteiger partial charge in [-0.1, -0.05) is 70.4 Å². The number of benzene rings is 2. The molecule has 3 atom stereocenters. The first-order valence-corrected chi connectivity index (χ1v) is 13.7. The first-order chi connectivity index (χ1) is 18.2. The zero-order chi connectivity index (χ0) is 28.1. The van der Waals surface area contributed by atoms with E-state index in [-0.39, 0.29) is 22.6 Å². The SMILES string of the molecule is CCCCCC(O)C(O)C(Cc1ccccc1)NC(=O)c1cc(C(N)=O)cc(C(=O)N(CCC)CCC)c1. The molecule has 0 aliphatic rings. The van der Waals surface area contributed by atoms with Crippen LogP contribution in [0, 0.1) is 0 Å². The summed E-state index contributed by atoms with van der Waals surface area (Å²) in [6.45, 7) is 7.11. The minimum atomic E-state index is -1.21. The monoisotopic (exact) mass is 525 g/mol. The predicted molar refractivity (Wildman–Crippen MR) is 149 cm³/mol. The van der Waals surface area contributed by atoms with Gasteiger partial charge in [0.15, 0.2) is 0 Å². The van der Waals surface area contributed by atoms with Crippen molar-refractivity contribution < 1.29 is 24.6 Å². The van der Waals surface area contributed by atoms with Crippen molar-refractivity contribution in [2.24, 2.45) is 5.73 Å². The van der Waals surface area contributed by atoms with Crippen molar-refractivity contribution in [3.05, 3.63) is 70.8 Å². The third-order valence-electron chi connectivity index (χ3n) is 6.53. The van der Waals surface area contributed by atoms with Gasteiger partial charge in [0, 0.05) is 29.8 Å². The van der Waals surface area contributed by atoms with Crippen LogP contribution in [-0.2, 0) is 6.42 Å². The maximum Gasteiger partial charge on any atom is 0.253 e. The number of nitrogens with zero attached hydrogens (tertiary/aromatic N) is 1. The molecule has 0 radical (unpaired) electrons. The van der Waals surface area contributed by atoms with Gasteiger partial charge in [-0.2, -0.15) is 0 Å². The summed E-state index contributed by atoms with van der Waals surface area (Å²) in [4.78, 5) is 40.4. The van der Waals surface area contributed by atoms with Gasteiger partial charge >= 0.3 is 0 Å². The molecular formula is C30H43N3O5. The Morgan fingerprint density at radius 1 is 0.868 bits per heavy atom. The molecule has 0 fully saturated rings. The lowest BCUT2D eigenvalue weighted by molar-refractivity contribution is -0.00830. The van der Waals surface area contributed by atoms with Gasteiger partial charge < -0.3 is 26.2 Å². The Labute approximate surface area is 226 Å². The number of carbonyl (C=O) groups excluding carboxylic acids is 3. The van der Waals surface area contributed by atoms with Gasteiger partial charge in [-0.05, 0) is 49.4 Å². The summed E-state index contributed by atoms with van der Waals surface area (Å²) in [5.41, 5.74) is 6.75. The van der Waals surface area contributed by atoms with Crippen LogP contribution in [0.5, 0.6) is 0 Å². The van der Waals surface area contributed by atoms with Crippen LogP contribution in [0.2, 0.25) is 0 Å². The van der Waals surface area contributed by atoms with Crippen LogP contribution in [0.1, 0.15) is 95.9 Å². The molecular weight excluding hydrogens is 482 g/mol. The molecule has 5 N–H and O–H groups in total. The van der Waals surface area contributed by atoms with Crippen molar-refractivity contribution in [3.8, 4) is 0 Å². The molecule has 0 heterocycles. The molecule has 2 aromatic rings. The van der Waals surface area contributed by atoms with E-state index in [1.54, 1.807) is 4.90 Å². The van der Waals surface area contributed by atoms with Crippen molar-refractivity contribution in [2.75, 3.05) is 13.1 Å². The number of primary amides is 1. The smallest absolute Gasteiger partial charge is 0.253 e. The maximum absolute atomic E-state index is 13.4. The molecule has 0 aliphatic heterocycles. The van der Waals surface area contributed by atoms with Gasteiger partial charge in [-0.3, -0.25) is 14.4 Å². The van der Waals surface area contributed by atoms with Crippen molar-refractivity contribution in [1.82, 2.24) is 10.2 Å². The number of hydrogen-bond acceptors (Lipinski definition) is 5. The number of unbranched alkanes of at least 4 members (excludes halogenated alkanes) is 2. The van der Waals surface area contributed by atoms with E-state index < -0.39 is 30.1 Å².